The molecule has 7 heteroatoms. The summed E-state index contributed by atoms with van der Waals surface area (Å²) in [5, 5.41) is 0. The minimum absolute atomic E-state index is 0.0152. The van der Waals surface area contributed by atoms with E-state index >= 15 is 0 Å². The summed E-state index contributed by atoms with van der Waals surface area (Å²) in [6, 6.07) is 0.493. The fourth-order valence-electron chi connectivity index (χ4n) is 5.43. The lowest BCUT2D eigenvalue weighted by atomic mass is 9.70. The Labute approximate surface area is 144 Å². The molecule has 0 spiro atoms. The van der Waals surface area contributed by atoms with Crippen molar-refractivity contribution in [3.63, 3.8) is 0 Å². The second-order valence-corrected chi connectivity index (χ2v) is 10.1. The molecule has 3 saturated heterocycles. The van der Waals surface area contributed by atoms with Crippen LogP contribution >= 0.6 is 0 Å². The molecule has 0 aromatic carbocycles. The average molecular weight is 359 g/mol. The Balaban J connectivity index is 0.000000159. The van der Waals surface area contributed by atoms with Crippen LogP contribution in [0.4, 0.5) is 0 Å². The van der Waals surface area contributed by atoms with Crippen LogP contribution in [0.3, 0.4) is 0 Å². The van der Waals surface area contributed by atoms with Crippen LogP contribution in [0.2, 0.25) is 0 Å². The predicted octanol–water partition coefficient (Wildman–Crippen LogP) is 1.31. The van der Waals surface area contributed by atoms with Crippen LogP contribution in [0.15, 0.2) is 0 Å². The zero-order chi connectivity index (χ0) is 17.8. The van der Waals surface area contributed by atoms with E-state index in [2.05, 4.69) is 4.90 Å². The summed E-state index contributed by atoms with van der Waals surface area (Å²) in [4.78, 5) is 14.4. The zero-order valence-electron chi connectivity index (χ0n) is 14.7. The van der Waals surface area contributed by atoms with Gasteiger partial charge in [-0.1, -0.05) is 13.8 Å². The third-order valence-electron chi connectivity index (χ3n) is 7.27. The van der Waals surface area contributed by atoms with Gasteiger partial charge in [-0.25, -0.2) is 0 Å². The SMILES string of the molecule is CC1(C)C2CC[C@]1(CS(=O)(=O)O)C(=O)C2.NC1CN2CCC1CC2. The quantitative estimate of drug-likeness (QED) is 0.722. The number of ketones is 1. The molecule has 3 N–H and O–H groups in total. The molecular formula is C17H30N2O4S. The summed E-state index contributed by atoms with van der Waals surface area (Å²) in [5.41, 5.74) is 4.76. The standard InChI is InChI=1S/C10H16O4S.C7H14N2/c1-9(2)7-3-4-10(9,8(11)5-7)6-15(12,13)14;8-7-5-9-3-1-6(7)2-4-9/h7H,3-6H2,1-2H3,(H,12,13,14);6-7H,1-5,8H2/t7?,10-;/m0./s1. The van der Waals surface area contributed by atoms with Crippen molar-refractivity contribution in [2.75, 3.05) is 25.4 Å². The molecule has 0 radical (unpaired) electrons. The molecule has 0 aromatic heterocycles. The Morgan fingerprint density at radius 2 is 1.88 bits per heavy atom. The van der Waals surface area contributed by atoms with Crippen LogP contribution in [0.1, 0.15) is 46.0 Å². The largest absolute Gasteiger partial charge is 0.326 e. The van der Waals surface area contributed by atoms with Gasteiger partial charge in [0.2, 0.25) is 0 Å². The highest BCUT2D eigenvalue weighted by Crippen LogP contribution is 2.64. The second kappa shape index (κ2) is 6.04. The Kier molecular flexibility index (Phi) is 4.60. The molecule has 2 aliphatic carbocycles. The van der Waals surface area contributed by atoms with Crippen LogP contribution in [-0.4, -0.2) is 55.1 Å². The third-order valence-corrected chi connectivity index (χ3v) is 8.13. The highest BCUT2D eigenvalue weighted by atomic mass is 32.2. The smallest absolute Gasteiger partial charge is 0.265 e. The summed E-state index contributed by atoms with van der Waals surface area (Å²) in [7, 11) is -4.08. The van der Waals surface area contributed by atoms with Gasteiger partial charge < -0.3 is 10.6 Å². The molecule has 5 rings (SSSR count). The third kappa shape index (κ3) is 3.04. The van der Waals surface area contributed by atoms with Gasteiger partial charge in [-0.05, 0) is 56.0 Å². The molecule has 138 valence electrons. The van der Waals surface area contributed by atoms with E-state index in [-0.39, 0.29) is 17.1 Å². The van der Waals surface area contributed by atoms with Crippen LogP contribution < -0.4 is 5.73 Å². The predicted molar refractivity (Wildman–Crippen MR) is 92.1 cm³/mol. The molecule has 0 amide bonds. The molecule has 2 unspecified atom stereocenters. The summed E-state index contributed by atoms with van der Waals surface area (Å²) in [6.45, 7) is 7.66. The maximum Gasteiger partial charge on any atom is 0.265 e. The summed E-state index contributed by atoms with van der Waals surface area (Å²) in [5.74, 6) is 0.755. The van der Waals surface area contributed by atoms with Crippen LogP contribution in [0, 0.1) is 22.7 Å². The summed E-state index contributed by atoms with van der Waals surface area (Å²) in [6.07, 6.45) is 4.67. The van der Waals surface area contributed by atoms with Crippen molar-refractivity contribution in [2.45, 2.75) is 52.0 Å². The number of hydrogen-bond donors (Lipinski definition) is 2. The molecule has 0 aromatic rings. The van der Waals surface area contributed by atoms with Crippen molar-refractivity contribution in [1.29, 1.82) is 0 Å². The van der Waals surface area contributed by atoms with E-state index in [9.17, 15) is 13.2 Å². The van der Waals surface area contributed by atoms with Crippen molar-refractivity contribution < 1.29 is 17.8 Å². The van der Waals surface area contributed by atoms with E-state index in [0.717, 1.165) is 18.9 Å². The Morgan fingerprint density at radius 1 is 1.25 bits per heavy atom. The minimum Gasteiger partial charge on any atom is -0.326 e. The maximum absolute atomic E-state index is 11.9. The summed E-state index contributed by atoms with van der Waals surface area (Å²) >= 11 is 0. The van der Waals surface area contributed by atoms with E-state index in [0.29, 0.717) is 18.9 Å². The van der Waals surface area contributed by atoms with Crippen LogP contribution in [-0.2, 0) is 14.9 Å². The first-order chi connectivity index (χ1) is 11.1. The van der Waals surface area contributed by atoms with Gasteiger partial charge in [-0.15, -0.1) is 0 Å². The van der Waals surface area contributed by atoms with Crippen LogP contribution in [0.25, 0.3) is 0 Å². The maximum atomic E-state index is 11.9. The number of nitrogens with two attached hydrogens (primary N) is 1. The Morgan fingerprint density at radius 3 is 2.17 bits per heavy atom. The van der Waals surface area contributed by atoms with Gasteiger partial charge in [-0.3, -0.25) is 9.35 Å². The number of nitrogens with zero attached hydrogens (tertiary/aromatic N) is 1. The van der Waals surface area contributed by atoms with E-state index in [4.69, 9.17) is 10.3 Å². The summed E-state index contributed by atoms with van der Waals surface area (Å²) < 4.78 is 31.0. The molecule has 24 heavy (non-hydrogen) atoms. The van der Waals surface area contributed by atoms with Crippen molar-refractivity contribution >= 4 is 15.9 Å². The topological polar surface area (TPSA) is 101 Å². The lowest BCUT2D eigenvalue weighted by molar-refractivity contribution is -0.128. The molecule has 2 saturated carbocycles. The van der Waals surface area contributed by atoms with Gasteiger partial charge in [0.05, 0.1) is 11.2 Å². The zero-order valence-corrected chi connectivity index (χ0v) is 15.5. The number of carbonyl (C=O) groups excluding carboxylic acids is 1. The van der Waals surface area contributed by atoms with E-state index in [1.165, 1.54) is 25.9 Å². The fourth-order valence-corrected chi connectivity index (χ4v) is 6.73. The second-order valence-electron chi connectivity index (χ2n) is 8.69. The first-order valence-corrected chi connectivity index (χ1v) is 10.6. The van der Waals surface area contributed by atoms with E-state index in [1.54, 1.807) is 0 Å². The van der Waals surface area contributed by atoms with Gasteiger partial charge >= 0.3 is 0 Å². The van der Waals surface area contributed by atoms with Gasteiger partial charge in [0.1, 0.15) is 5.78 Å². The fraction of sp³-hybridized carbons (Fsp3) is 0.941. The molecule has 4 bridgehead atoms. The minimum atomic E-state index is -4.08. The lowest BCUT2D eigenvalue weighted by Gasteiger charge is -2.43. The van der Waals surface area contributed by atoms with E-state index < -0.39 is 21.3 Å². The van der Waals surface area contributed by atoms with Crippen LogP contribution in [0.5, 0.6) is 0 Å². The first kappa shape index (κ1) is 18.3. The molecule has 3 heterocycles. The van der Waals surface area contributed by atoms with Crippen molar-refractivity contribution in [3.05, 3.63) is 0 Å². The average Bonchev–Trinajstić information content (AvgIpc) is 2.81. The van der Waals surface area contributed by atoms with Gasteiger partial charge in [0.25, 0.3) is 10.1 Å². The number of carbonyl (C=O) groups is 1. The monoisotopic (exact) mass is 358 g/mol. The van der Waals surface area contributed by atoms with Gasteiger partial charge in [-0.2, -0.15) is 8.42 Å². The molecule has 5 aliphatic rings. The molecule has 6 nitrogen and oxygen atoms in total. The molecule has 3 atom stereocenters. The number of hydrogen-bond acceptors (Lipinski definition) is 5. The van der Waals surface area contributed by atoms with Gasteiger partial charge in [0, 0.05) is 19.0 Å². The number of rotatable bonds is 2. The lowest BCUT2D eigenvalue weighted by Crippen LogP contribution is -2.54. The molecule has 5 fully saturated rings. The van der Waals surface area contributed by atoms with Crippen molar-refractivity contribution in [3.8, 4) is 0 Å². The van der Waals surface area contributed by atoms with Crippen molar-refractivity contribution in [1.82, 2.24) is 4.90 Å². The highest BCUT2D eigenvalue weighted by Gasteiger charge is 2.65. The molecular weight excluding hydrogens is 328 g/mol. The Hall–Kier alpha value is -0.500. The Bertz CT molecular complexity index is 610. The molecule has 3 aliphatic heterocycles. The van der Waals surface area contributed by atoms with Crippen molar-refractivity contribution in [2.24, 2.45) is 28.4 Å². The van der Waals surface area contributed by atoms with E-state index in [1.807, 2.05) is 13.8 Å². The van der Waals surface area contributed by atoms with Gasteiger partial charge in [0.15, 0.2) is 0 Å². The number of Topliss-reactive ketones (excluding diaryl/α,β-unsaturated/α-hetero) is 1. The number of fused-ring (bicyclic) bond motifs is 5. The first-order valence-electron chi connectivity index (χ1n) is 9.01. The number of piperidine rings is 3. The highest BCUT2D eigenvalue weighted by molar-refractivity contribution is 7.85. The normalized spacial score (nSPS) is 42.8.